The van der Waals surface area contributed by atoms with Crippen LogP contribution in [0.3, 0.4) is 0 Å². The van der Waals surface area contributed by atoms with Crippen LogP contribution in [0.5, 0.6) is 11.5 Å². The van der Waals surface area contributed by atoms with Gasteiger partial charge in [0.05, 0.1) is 24.6 Å². The molecule has 0 amide bonds. The Balaban J connectivity index is 1.47. The molecule has 0 unspecified atom stereocenters. The van der Waals surface area contributed by atoms with E-state index < -0.39 is 11.7 Å². The van der Waals surface area contributed by atoms with Gasteiger partial charge >= 0.3 is 6.18 Å². The lowest BCUT2D eigenvalue weighted by atomic mass is 10.1. The summed E-state index contributed by atoms with van der Waals surface area (Å²) in [5.41, 5.74) is 2.43. The molecule has 0 atom stereocenters. The van der Waals surface area contributed by atoms with E-state index in [1.807, 2.05) is 30.5 Å². The van der Waals surface area contributed by atoms with Gasteiger partial charge in [0.1, 0.15) is 23.8 Å². The SMILES string of the molecule is COc1cc(OC/C2=C/C=C(C(F)(F)F)\C=C/CCC2)ccc1-c1cnc(-c2ccc(SC(C)(C)C)cn2)[nH]1. The number of methoxy groups -OCH3 is 1. The Morgan fingerprint density at radius 3 is 2.54 bits per heavy atom. The van der Waals surface area contributed by atoms with Gasteiger partial charge in [-0.15, -0.1) is 11.8 Å². The molecule has 5 nitrogen and oxygen atoms in total. The van der Waals surface area contributed by atoms with Crippen LogP contribution in [0.4, 0.5) is 13.2 Å². The molecule has 206 valence electrons. The third-order valence-electron chi connectivity index (χ3n) is 5.86. The van der Waals surface area contributed by atoms with Gasteiger partial charge in [-0.2, -0.15) is 13.2 Å². The van der Waals surface area contributed by atoms with Crippen molar-refractivity contribution in [3.63, 3.8) is 0 Å². The lowest BCUT2D eigenvalue weighted by Crippen LogP contribution is -2.09. The van der Waals surface area contributed by atoms with Gasteiger partial charge in [-0.05, 0) is 55.2 Å². The topological polar surface area (TPSA) is 60.0 Å². The number of rotatable bonds is 7. The van der Waals surface area contributed by atoms with E-state index in [0.717, 1.165) is 46.0 Å². The number of aromatic nitrogens is 3. The smallest absolute Gasteiger partial charge is 0.416 e. The molecule has 2 aromatic heterocycles. The van der Waals surface area contributed by atoms with E-state index in [0.29, 0.717) is 30.2 Å². The van der Waals surface area contributed by atoms with E-state index in [2.05, 4.69) is 35.7 Å². The minimum atomic E-state index is -4.39. The molecule has 2 heterocycles. The first kappa shape index (κ1) is 28.5. The van der Waals surface area contributed by atoms with Gasteiger partial charge in [-0.25, -0.2) is 4.98 Å². The third kappa shape index (κ3) is 8.02. The molecule has 4 rings (SSSR count). The normalized spacial score (nSPS) is 18.1. The van der Waals surface area contributed by atoms with Crippen LogP contribution in [0.15, 0.2) is 83.1 Å². The van der Waals surface area contributed by atoms with Crippen molar-refractivity contribution in [3.8, 4) is 34.3 Å². The monoisotopic (exact) mass is 555 g/mol. The summed E-state index contributed by atoms with van der Waals surface area (Å²) in [4.78, 5) is 13.5. The Morgan fingerprint density at radius 2 is 1.85 bits per heavy atom. The molecule has 3 aromatic rings. The maximum atomic E-state index is 13.2. The number of alkyl halides is 3. The number of H-pyrrole nitrogens is 1. The molecular formula is C30H32F3N3O2S. The molecule has 1 N–H and O–H groups in total. The summed E-state index contributed by atoms with van der Waals surface area (Å²) >= 11 is 1.75. The van der Waals surface area contributed by atoms with Crippen LogP contribution in [-0.4, -0.2) is 39.6 Å². The van der Waals surface area contributed by atoms with Gasteiger partial charge < -0.3 is 14.5 Å². The van der Waals surface area contributed by atoms with E-state index in [4.69, 9.17) is 9.47 Å². The maximum absolute atomic E-state index is 13.2. The molecule has 0 aliphatic heterocycles. The first-order valence-electron chi connectivity index (χ1n) is 12.7. The average Bonchev–Trinajstić information content (AvgIpc) is 3.40. The summed E-state index contributed by atoms with van der Waals surface area (Å²) < 4.78 is 51.2. The second-order valence-electron chi connectivity index (χ2n) is 10.1. The largest absolute Gasteiger partial charge is 0.496 e. The fourth-order valence-electron chi connectivity index (χ4n) is 4.00. The highest BCUT2D eigenvalue weighted by Crippen LogP contribution is 2.35. The number of nitrogens with one attached hydrogen (secondary N) is 1. The second-order valence-corrected chi connectivity index (χ2v) is 12.0. The summed E-state index contributed by atoms with van der Waals surface area (Å²) in [6.07, 6.45) is 6.52. The second kappa shape index (κ2) is 12.2. The number of aromatic amines is 1. The minimum absolute atomic E-state index is 0.101. The average molecular weight is 556 g/mol. The highest BCUT2D eigenvalue weighted by atomic mass is 32.2. The lowest BCUT2D eigenvalue weighted by molar-refractivity contribution is -0.0882. The van der Waals surface area contributed by atoms with Crippen LogP contribution < -0.4 is 9.47 Å². The zero-order valence-corrected chi connectivity index (χ0v) is 23.2. The van der Waals surface area contributed by atoms with E-state index >= 15 is 0 Å². The van der Waals surface area contributed by atoms with E-state index in [9.17, 15) is 13.2 Å². The quantitative estimate of drug-likeness (QED) is 0.296. The molecule has 0 bridgehead atoms. The van der Waals surface area contributed by atoms with E-state index in [-0.39, 0.29) is 11.4 Å². The predicted octanol–water partition coefficient (Wildman–Crippen LogP) is 8.57. The van der Waals surface area contributed by atoms with Gasteiger partial charge in [0.15, 0.2) is 5.82 Å². The Morgan fingerprint density at radius 1 is 1.03 bits per heavy atom. The molecule has 39 heavy (non-hydrogen) atoms. The van der Waals surface area contributed by atoms with E-state index in [1.165, 1.54) is 6.08 Å². The van der Waals surface area contributed by atoms with Crippen molar-refractivity contribution in [2.75, 3.05) is 13.7 Å². The van der Waals surface area contributed by atoms with Crippen LogP contribution in [0.2, 0.25) is 0 Å². The van der Waals surface area contributed by atoms with E-state index in [1.54, 1.807) is 37.2 Å². The zero-order valence-electron chi connectivity index (χ0n) is 22.4. The fraction of sp³-hybridized carbons (Fsp3) is 0.333. The summed E-state index contributed by atoms with van der Waals surface area (Å²) in [6.45, 7) is 6.67. The molecule has 0 spiro atoms. The third-order valence-corrected chi connectivity index (χ3v) is 6.95. The van der Waals surface area contributed by atoms with Gasteiger partial charge in [0, 0.05) is 27.5 Å². The van der Waals surface area contributed by atoms with Crippen molar-refractivity contribution in [2.24, 2.45) is 0 Å². The molecule has 0 saturated heterocycles. The molecule has 9 heteroatoms. The predicted molar refractivity (Wildman–Crippen MR) is 150 cm³/mol. The Hall–Kier alpha value is -3.46. The number of imidazole rings is 1. The first-order chi connectivity index (χ1) is 18.5. The van der Waals surface area contributed by atoms with Crippen LogP contribution in [0.25, 0.3) is 22.8 Å². The minimum Gasteiger partial charge on any atom is -0.496 e. The lowest BCUT2D eigenvalue weighted by Gasteiger charge is -2.17. The molecule has 1 aliphatic carbocycles. The number of halogens is 3. The van der Waals surface area contributed by atoms with Gasteiger partial charge in [-0.1, -0.05) is 39.0 Å². The van der Waals surface area contributed by atoms with Crippen molar-refractivity contribution >= 4 is 11.8 Å². The first-order valence-corrected chi connectivity index (χ1v) is 13.5. The van der Waals surface area contributed by atoms with Gasteiger partial charge in [-0.3, -0.25) is 4.98 Å². The molecule has 1 aliphatic rings. The van der Waals surface area contributed by atoms with Crippen LogP contribution in [0.1, 0.15) is 40.0 Å². The number of hydrogen-bond donors (Lipinski definition) is 1. The Kier molecular flexibility index (Phi) is 8.90. The van der Waals surface area contributed by atoms with Crippen molar-refractivity contribution in [1.29, 1.82) is 0 Å². The van der Waals surface area contributed by atoms with Crippen molar-refractivity contribution in [1.82, 2.24) is 15.0 Å². The highest BCUT2D eigenvalue weighted by Gasteiger charge is 2.31. The number of ether oxygens (including phenoxy) is 2. The highest BCUT2D eigenvalue weighted by molar-refractivity contribution is 8.00. The fourth-order valence-corrected chi connectivity index (χ4v) is 4.94. The summed E-state index contributed by atoms with van der Waals surface area (Å²) in [5.74, 6) is 1.79. The van der Waals surface area contributed by atoms with Gasteiger partial charge in [0.25, 0.3) is 0 Å². The number of hydrogen-bond acceptors (Lipinski definition) is 5. The molecular weight excluding hydrogens is 523 g/mol. The summed E-state index contributed by atoms with van der Waals surface area (Å²) in [5, 5.41) is 0. The summed E-state index contributed by atoms with van der Waals surface area (Å²) in [7, 11) is 1.57. The molecule has 0 saturated carbocycles. The molecule has 1 aromatic carbocycles. The Labute approximate surface area is 231 Å². The molecule has 0 fully saturated rings. The standard InChI is InChI=1S/C30H32F3N3O2S/c1-29(2,3)39-23-13-15-25(34-17-23)28-35-18-26(36-28)24-14-12-22(16-27(24)37-4)38-19-20-8-6-5-7-9-21(11-10-20)30(31,32)33/h7,9-18H,5-6,8,19H2,1-4H3,(H,35,36)/b9-7-,20-10+,21-11+. The van der Waals surface area contributed by atoms with Crippen LogP contribution >= 0.6 is 11.8 Å². The number of thioether (sulfide) groups is 1. The number of benzene rings is 1. The van der Waals surface area contributed by atoms with Crippen LogP contribution in [-0.2, 0) is 0 Å². The number of allylic oxidation sites excluding steroid dienone is 5. The maximum Gasteiger partial charge on any atom is 0.416 e. The van der Waals surface area contributed by atoms with Crippen molar-refractivity contribution in [2.45, 2.75) is 55.9 Å². The van der Waals surface area contributed by atoms with Crippen molar-refractivity contribution in [3.05, 3.63) is 78.2 Å². The summed E-state index contributed by atoms with van der Waals surface area (Å²) in [6, 6.07) is 9.42. The molecule has 0 radical (unpaired) electrons. The zero-order chi connectivity index (χ0) is 28.0. The van der Waals surface area contributed by atoms with Crippen molar-refractivity contribution < 1.29 is 22.6 Å². The number of pyridine rings is 1. The number of nitrogens with zero attached hydrogens (tertiary/aromatic N) is 2. The van der Waals surface area contributed by atoms with Gasteiger partial charge in [0.2, 0.25) is 0 Å². The Bertz CT molecular complexity index is 1370. The van der Waals surface area contributed by atoms with Crippen LogP contribution in [0, 0.1) is 0 Å².